The Morgan fingerprint density at radius 1 is 1.27 bits per heavy atom. The van der Waals surface area contributed by atoms with Crippen molar-refractivity contribution in [2.45, 2.75) is 25.9 Å². The fourth-order valence-corrected chi connectivity index (χ4v) is 1.83. The van der Waals surface area contributed by atoms with Crippen LogP contribution < -0.4 is 10.2 Å². The zero-order chi connectivity index (χ0) is 11.3. The Hall–Kier alpha value is -1.13. The number of ether oxygens (including phenoxy) is 1. The lowest BCUT2D eigenvalue weighted by Gasteiger charge is -2.16. The number of rotatable bonds is 1. The molecule has 0 spiro atoms. The number of hydrogen-bond acceptors (Lipinski definition) is 1. The molecule has 0 atom stereocenters. The summed E-state index contributed by atoms with van der Waals surface area (Å²) in [4.78, 5) is 0. The number of halogens is 3. The molecule has 82 valence electrons. The highest BCUT2D eigenvalue weighted by atomic mass is 19.4. The minimum atomic E-state index is -4.91. The van der Waals surface area contributed by atoms with Crippen molar-refractivity contribution in [1.82, 2.24) is 0 Å². The van der Waals surface area contributed by atoms with Crippen LogP contribution >= 0.6 is 0 Å². The van der Waals surface area contributed by atoms with Gasteiger partial charge in [0.2, 0.25) is 0 Å². The van der Waals surface area contributed by atoms with Crippen molar-refractivity contribution in [2.24, 2.45) is 0 Å². The van der Waals surface area contributed by atoms with Gasteiger partial charge in [-0.1, -0.05) is 12.1 Å². The van der Waals surface area contributed by atoms with Crippen molar-refractivity contribution >= 4 is 12.4 Å². The third-order valence-electron chi connectivity index (χ3n) is 2.46. The molecule has 0 bridgehead atoms. The van der Waals surface area contributed by atoms with Crippen LogP contribution in [0.1, 0.15) is 19.4 Å². The lowest BCUT2D eigenvalue weighted by atomic mass is 9.79. The molecule has 1 aliphatic rings. The van der Waals surface area contributed by atoms with E-state index in [2.05, 4.69) is 0 Å². The Morgan fingerprint density at radius 3 is 2.53 bits per heavy atom. The first-order valence-electron chi connectivity index (χ1n) is 4.80. The molecule has 1 heterocycles. The van der Waals surface area contributed by atoms with E-state index in [0.717, 1.165) is 6.07 Å². The molecular weight excluding hydrogens is 204 g/mol. The van der Waals surface area contributed by atoms with Gasteiger partial charge in [0.25, 0.3) is 0 Å². The lowest BCUT2D eigenvalue weighted by Crippen LogP contribution is -2.34. The van der Waals surface area contributed by atoms with Crippen LogP contribution in [0.5, 0.6) is 5.75 Å². The van der Waals surface area contributed by atoms with Crippen molar-refractivity contribution in [3.05, 3.63) is 23.8 Å². The van der Waals surface area contributed by atoms with Gasteiger partial charge < -0.3 is 17.7 Å². The fraction of sp³-hybridized carbons (Fsp3) is 0.400. The monoisotopic (exact) mass is 215 g/mol. The molecule has 1 aliphatic heterocycles. The molecule has 0 fully saturated rings. The van der Waals surface area contributed by atoms with Gasteiger partial charge in [-0.05, 0) is 25.5 Å². The molecule has 0 aromatic heterocycles. The minimum Gasteiger partial charge on any atom is -0.487 e. The SMILES string of the molecule is CC1(C)Cc2cc([B-](F)(F)F)ccc2O1. The molecular formula is C10H11BF3O-. The lowest BCUT2D eigenvalue weighted by molar-refractivity contribution is 0.138. The molecule has 0 saturated carbocycles. The van der Waals surface area contributed by atoms with Crippen LogP contribution in [-0.4, -0.2) is 12.6 Å². The summed E-state index contributed by atoms with van der Waals surface area (Å²) in [7, 11) is 0. The van der Waals surface area contributed by atoms with E-state index in [1.165, 1.54) is 12.1 Å². The van der Waals surface area contributed by atoms with Crippen LogP contribution in [0.25, 0.3) is 0 Å². The first-order chi connectivity index (χ1) is 6.78. The summed E-state index contributed by atoms with van der Waals surface area (Å²) in [6.07, 6.45) is 0.530. The summed E-state index contributed by atoms with van der Waals surface area (Å²) < 4.78 is 42.9. The van der Waals surface area contributed by atoms with Gasteiger partial charge in [-0.25, -0.2) is 0 Å². The molecule has 15 heavy (non-hydrogen) atoms. The highest BCUT2D eigenvalue weighted by molar-refractivity contribution is 6.73. The van der Waals surface area contributed by atoms with E-state index in [1.807, 2.05) is 13.8 Å². The maximum atomic E-state index is 12.5. The molecule has 1 nitrogen and oxygen atoms in total. The van der Waals surface area contributed by atoms with Crippen LogP contribution in [0.2, 0.25) is 0 Å². The zero-order valence-electron chi connectivity index (χ0n) is 8.56. The zero-order valence-corrected chi connectivity index (χ0v) is 8.56. The van der Waals surface area contributed by atoms with Crippen LogP contribution in [0.3, 0.4) is 0 Å². The third kappa shape index (κ3) is 1.96. The third-order valence-corrected chi connectivity index (χ3v) is 2.46. The molecule has 1 aromatic carbocycles. The van der Waals surface area contributed by atoms with Crippen molar-refractivity contribution in [1.29, 1.82) is 0 Å². The predicted molar refractivity (Wildman–Crippen MR) is 53.6 cm³/mol. The van der Waals surface area contributed by atoms with Gasteiger partial charge in [-0.2, -0.15) is 0 Å². The second-order valence-electron chi connectivity index (χ2n) is 4.48. The van der Waals surface area contributed by atoms with Crippen LogP contribution in [0.15, 0.2) is 18.2 Å². The van der Waals surface area contributed by atoms with Crippen molar-refractivity contribution in [3.63, 3.8) is 0 Å². The topological polar surface area (TPSA) is 9.23 Å². The van der Waals surface area contributed by atoms with E-state index in [4.69, 9.17) is 4.74 Å². The Bertz CT molecular complexity index is 398. The highest BCUT2D eigenvalue weighted by Crippen LogP contribution is 2.34. The standard InChI is InChI=1S/C10H11BF3O/c1-10(2)6-7-5-8(11(12,13)14)3-4-9(7)15-10/h3-5H,6H2,1-2H3/q-1. The number of fused-ring (bicyclic) bond motifs is 1. The average Bonchev–Trinajstić information content (AvgIpc) is 2.34. The maximum absolute atomic E-state index is 12.5. The van der Waals surface area contributed by atoms with Crippen molar-refractivity contribution < 1.29 is 17.7 Å². The molecule has 0 saturated heterocycles. The average molecular weight is 215 g/mol. The van der Waals surface area contributed by atoms with Gasteiger partial charge in [-0.3, -0.25) is 0 Å². The summed E-state index contributed by atoms with van der Waals surface area (Å²) in [6.45, 7) is -1.17. The normalized spacial score (nSPS) is 18.5. The minimum absolute atomic E-state index is 0.389. The molecule has 0 radical (unpaired) electrons. The second-order valence-corrected chi connectivity index (χ2v) is 4.48. The van der Waals surface area contributed by atoms with Crippen LogP contribution in [0, 0.1) is 0 Å². The molecule has 0 aliphatic carbocycles. The molecule has 2 rings (SSSR count). The summed E-state index contributed by atoms with van der Waals surface area (Å²) in [5, 5.41) is 0. The smallest absolute Gasteiger partial charge is 0.487 e. The summed E-state index contributed by atoms with van der Waals surface area (Å²) in [5.41, 5.74) is -0.286. The van der Waals surface area contributed by atoms with E-state index in [-0.39, 0.29) is 5.60 Å². The molecule has 0 unspecified atom stereocenters. The molecule has 0 amide bonds. The van der Waals surface area contributed by atoms with Crippen molar-refractivity contribution in [3.8, 4) is 5.75 Å². The van der Waals surface area contributed by atoms with Gasteiger partial charge in [-0.15, -0.1) is 5.46 Å². The number of hydrogen-bond donors (Lipinski definition) is 0. The Kier molecular flexibility index (Phi) is 2.03. The van der Waals surface area contributed by atoms with Crippen LogP contribution in [-0.2, 0) is 6.42 Å². The summed E-state index contributed by atoms with van der Waals surface area (Å²) >= 11 is 0. The first-order valence-corrected chi connectivity index (χ1v) is 4.80. The highest BCUT2D eigenvalue weighted by Gasteiger charge is 2.32. The predicted octanol–water partition coefficient (Wildman–Crippen LogP) is 2.45. The first kappa shape index (κ1) is 10.4. The van der Waals surface area contributed by atoms with Crippen molar-refractivity contribution in [2.75, 3.05) is 0 Å². The second kappa shape index (κ2) is 2.93. The van der Waals surface area contributed by atoms with Gasteiger partial charge in [0.15, 0.2) is 0 Å². The Balaban J connectivity index is 2.39. The summed E-state index contributed by atoms with van der Waals surface area (Å²) in [6, 6.07) is 3.69. The maximum Gasteiger partial charge on any atom is 0.509 e. The summed E-state index contributed by atoms with van der Waals surface area (Å²) in [5.74, 6) is 0.573. The van der Waals surface area contributed by atoms with E-state index < -0.39 is 12.4 Å². The van der Waals surface area contributed by atoms with E-state index in [1.54, 1.807) is 0 Å². The van der Waals surface area contributed by atoms with Crippen LogP contribution in [0.4, 0.5) is 12.9 Å². The molecule has 0 N–H and O–H groups in total. The largest absolute Gasteiger partial charge is 0.509 e. The molecule has 5 heteroatoms. The van der Waals surface area contributed by atoms with Gasteiger partial charge in [0.1, 0.15) is 11.4 Å². The fourth-order valence-electron chi connectivity index (χ4n) is 1.83. The van der Waals surface area contributed by atoms with E-state index in [0.29, 0.717) is 17.7 Å². The van der Waals surface area contributed by atoms with E-state index >= 15 is 0 Å². The van der Waals surface area contributed by atoms with Gasteiger partial charge >= 0.3 is 6.98 Å². The number of benzene rings is 1. The van der Waals surface area contributed by atoms with E-state index in [9.17, 15) is 12.9 Å². The quantitative estimate of drug-likeness (QED) is 0.653. The van der Waals surface area contributed by atoms with Gasteiger partial charge in [0, 0.05) is 6.42 Å². The molecule has 1 aromatic rings. The Labute approximate surface area is 86.3 Å². The Morgan fingerprint density at radius 2 is 1.93 bits per heavy atom. The van der Waals surface area contributed by atoms with Gasteiger partial charge in [0.05, 0.1) is 0 Å².